The zero-order chi connectivity index (χ0) is 18.4. The van der Waals surface area contributed by atoms with Crippen molar-refractivity contribution in [1.82, 2.24) is 30.2 Å². The lowest BCUT2D eigenvalue weighted by molar-refractivity contribution is 0.783. The van der Waals surface area contributed by atoms with Crippen molar-refractivity contribution in [3.05, 3.63) is 45.8 Å². The van der Waals surface area contributed by atoms with Gasteiger partial charge in [0.15, 0.2) is 17.4 Å². The number of hydrogen-bond acceptors (Lipinski definition) is 5. The Morgan fingerprint density at radius 2 is 2.12 bits per heavy atom. The van der Waals surface area contributed by atoms with E-state index in [0.717, 1.165) is 43.4 Å². The van der Waals surface area contributed by atoms with E-state index < -0.39 is 0 Å². The van der Waals surface area contributed by atoms with Crippen LogP contribution in [0.5, 0.6) is 0 Å². The summed E-state index contributed by atoms with van der Waals surface area (Å²) >= 11 is 1.78. The number of thiazole rings is 1. The summed E-state index contributed by atoms with van der Waals surface area (Å²) in [6, 6.07) is 5.85. The van der Waals surface area contributed by atoms with Crippen LogP contribution >= 0.6 is 11.3 Å². The van der Waals surface area contributed by atoms with Crippen LogP contribution in [0.4, 0.5) is 0 Å². The maximum atomic E-state index is 4.69. The van der Waals surface area contributed by atoms with E-state index in [9.17, 15) is 0 Å². The molecule has 3 aromatic rings. The Balaban J connectivity index is 1.60. The molecule has 0 radical (unpaired) electrons. The van der Waals surface area contributed by atoms with Gasteiger partial charge in [-0.15, -0.1) is 21.5 Å². The van der Waals surface area contributed by atoms with Gasteiger partial charge in [0.2, 0.25) is 0 Å². The minimum Gasteiger partial charge on any atom is -0.357 e. The van der Waals surface area contributed by atoms with Crippen LogP contribution in [-0.4, -0.2) is 38.6 Å². The lowest BCUT2D eigenvalue weighted by atomic mass is 10.3. The van der Waals surface area contributed by atoms with E-state index in [0.29, 0.717) is 6.54 Å². The van der Waals surface area contributed by atoms with E-state index in [4.69, 9.17) is 0 Å². The maximum Gasteiger partial charge on any atom is 0.191 e. The van der Waals surface area contributed by atoms with Crippen molar-refractivity contribution in [2.24, 2.45) is 4.99 Å². The second-order valence-corrected chi connectivity index (χ2v) is 7.17. The highest BCUT2D eigenvalue weighted by Gasteiger charge is 2.07. The van der Waals surface area contributed by atoms with E-state index >= 15 is 0 Å². The molecule has 0 aliphatic rings. The summed E-state index contributed by atoms with van der Waals surface area (Å²) < 4.78 is 1.96. The van der Waals surface area contributed by atoms with Gasteiger partial charge in [-0.25, -0.2) is 9.98 Å². The molecule has 3 heterocycles. The van der Waals surface area contributed by atoms with Crippen molar-refractivity contribution in [1.29, 1.82) is 0 Å². The van der Waals surface area contributed by atoms with Crippen LogP contribution in [0.25, 0.3) is 5.65 Å². The van der Waals surface area contributed by atoms with Gasteiger partial charge in [-0.2, -0.15) is 0 Å². The number of aromatic nitrogens is 4. The number of nitrogens with zero attached hydrogens (tertiary/aromatic N) is 5. The van der Waals surface area contributed by atoms with Crippen molar-refractivity contribution in [3.8, 4) is 0 Å². The minimum absolute atomic E-state index is 0.469. The first kappa shape index (κ1) is 18.3. The number of guanidine groups is 1. The summed E-state index contributed by atoms with van der Waals surface area (Å²) in [4.78, 5) is 10.6. The predicted octanol–water partition coefficient (Wildman–Crippen LogP) is 2.35. The molecular weight excluding hydrogens is 346 g/mol. The molecule has 0 aromatic carbocycles. The molecule has 0 bridgehead atoms. The van der Waals surface area contributed by atoms with Gasteiger partial charge in [0.05, 0.1) is 10.7 Å². The third kappa shape index (κ3) is 4.37. The topological polar surface area (TPSA) is 79.5 Å². The normalized spacial score (nSPS) is 11.9. The molecule has 0 spiro atoms. The molecule has 2 N–H and O–H groups in total. The van der Waals surface area contributed by atoms with Crippen molar-refractivity contribution < 1.29 is 0 Å². The zero-order valence-corrected chi connectivity index (χ0v) is 16.3. The Hall–Kier alpha value is -2.48. The molecule has 0 saturated carbocycles. The highest BCUT2D eigenvalue weighted by molar-refractivity contribution is 7.11. The minimum atomic E-state index is 0.469. The Morgan fingerprint density at radius 1 is 1.23 bits per heavy atom. The zero-order valence-electron chi connectivity index (χ0n) is 15.5. The number of nitrogens with one attached hydrogen (secondary N) is 2. The van der Waals surface area contributed by atoms with Gasteiger partial charge in [-0.05, 0) is 32.4 Å². The summed E-state index contributed by atoms with van der Waals surface area (Å²) in [6.07, 6.45) is 3.84. The first-order valence-corrected chi connectivity index (χ1v) is 9.79. The van der Waals surface area contributed by atoms with E-state index in [1.165, 1.54) is 15.6 Å². The van der Waals surface area contributed by atoms with E-state index in [-0.39, 0.29) is 0 Å². The first-order chi connectivity index (χ1) is 12.7. The lowest BCUT2D eigenvalue weighted by Gasteiger charge is -2.10. The summed E-state index contributed by atoms with van der Waals surface area (Å²) in [5.74, 6) is 1.60. The van der Waals surface area contributed by atoms with E-state index in [1.54, 1.807) is 11.3 Å². The number of fused-ring (bicyclic) bond motifs is 1. The maximum absolute atomic E-state index is 4.69. The molecule has 26 heavy (non-hydrogen) atoms. The average Bonchev–Trinajstić information content (AvgIpc) is 3.22. The molecular formula is C18H25N7S. The lowest BCUT2D eigenvalue weighted by Crippen LogP contribution is -2.38. The van der Waals surface area contributed by atoms with Crippen LogP contribution in [0.3, 0.4) is 0 Å². The van der Waals surface area contributed by atoms with Gasteiger partial charge in [-0.3, -0.25) is 4.40 Å². The van der Waals surface area contributed by atoms with Gasteiger partial charge in [0.1, 0.15) is 6.54 Å². The third-order valence-electron chi connectivity index (χ3n) is 4.01. The fourth-order valence-corrected chi connectivity index (χ4v) is 3.72. The van der Waals surface area contributed by atoms with Crippen LogP contribution in [-0.2, 0) is 19.4 Å². The van der Waals surface area contributed by atoms with Crippen molar-refractivity contribution in [2.75, 3.05) is 13.1 Å². The molecule has 3 aromatic heterocycles. The second kappa shape index (κ2) is 8.75. The van der Waals surface area contributed by atoms with Crippen molar-refractivity contribution in [2.45, 2.75) is 40.2 Å². The molecule has 138 valence electrons. The van der Waals surface area contributed by atoms with Crippen LogP contribution in [0.15, 0.2) is 29.4 Å². The van der Waals surface area contributed by atoms with Crippen LogP contribution in [0, 0.1) is 6.92 Å². The Kier molecular flexibility index (Phi) is 6.17. The van der Waals surface area contributed by atoms with E-state index in [2.05, 4.69) is 51.6 Å². The second-order valence-electron chi connectivity index (χ2n) is 5.88. The van der Waals surface area contributed by atoms with Crippen molar-refractivity contribution >= 4 is 22.9 Å². The smallest absolute Gasteiger partial charge is 0.191 e. The van der Waals surface area contributed by atoms with Gasteiger partial charge in [0.25, 0.3) is 0 Å². The van der Waals surface area contributed by atoms with Crippen LogP contribution < -0.4 is 10.6 Å². The SMILES string of the molecule is CCNC(=NCc1nnc2ccccn12)NCCc1nc(CC)c(C)s1. The molecule has 0 aliphatic heterocycles. The molecule has 0 saturated heterocycles. The molecule has 0 aliphatic carbocycles. The summed E-state index contributed by atoms with van der Waals surface area (Å²) in [7, 11) is 0. The molecule has 0 fully saturated rings. The average molecular weight is 372 g/mol. The summed E-state index contributed by atoms with van der Waals surface area (Å²) in [5, 5.41) is 16.2. The van der Waals surface area contributed by atoms with Gasteiger partial charge < -0.3 is 10.6 Å². The van der Waals surface area contributed by atoms with Crippen LogP contribution in [0.2, 0.25) is 0 Å². The molecule has 3 rings (SSSR count). The summed E-state index contributed by atoms with van der Waals surface area (Å²) in [6.45, 7) is 8.42. The predicted molar refractivity (Wildman–Crippen MR) is 106 cm³/mol. The monoisotopic (exact) mass is 371 g/mol. The quantitative estimate of drug-likeness (QED) is 0.492. The van der Waals surface area contributed by atoms with Crippen molar-refractivity contribution in [3.63, 3.8) is 0 Å². The Labute approximate surface area is 157 Å². The van der Waals surface area contributed by atoms with Crippen LogP contribution in [0.1, 0.15) is 35.3 Å². The Morgan fingerprint density at radius 3 is 2.88 bits per heavy atom. The number of rotatable bonds is 7. The van der Waals surface area contributed by atoms with Gasteiger partial charge >= 0.3 is 0 Å². The first-order valence-electron chi connectivity index (χ1n) is 8.97. The third-order valence-corrected chi connectivity index (χ3v) is 5.08. The molecule has 0 amide bonds. The largest absolute Gasteiger partial charge is 0.357 e. The molecule has 0 atom stereocenters. The molecule has 8 heteroatoms. The number of aryl methyl sites for hydroxylation is 2. The number of hydrogen-bond donors (Lipinski definition) is 2. The standard InChI is InChI=1S/C18H25N7S/c1-4-14-13(3)26-17(22-14)9-10-20-18(19-5-2)21-12-16-24-23-15-8-6-7-11-25(15)16/h6-8,11H,4-5,9-10,12H2,1-3H3,(H2,19,20,21). The highest BCUT2D eigenvalue weighted by Crippen LogP contribution is 2.17. The fraction of sp³-hybridized carbons (Fsp3) is 0.444. The Bertz CT molecular complexity index is 881. The number of aliphatic imine (C=N–C) groups is 1. The highest BCUT2D eigenvalue weighted by atomic mass is 32.1. The number of pyridine rings is 1. The van der Waals surface area contributed by atoms with E-state index in [1.807, 2.05) is 28.8 Å². The molecule has 0 unspecified atom stereocenters. The summed E-state index contributed by atoms with van der Waals surface area (Å²) in [5.41, 5.74) is 2.05. The molecule has 7 nitrogen and oxygen atoms in total. The van der Waals surface area contributed by atoms with Gasteiger partial charge in [-0.1, -0.05) is 13.0 Å². The fourth-order valence-electron chi connectivity index (χ4n) is 2.70. The van der Waals surface area contributed by atoms with Gasteiger partial charge in [0, 0.05) is 30.6 Å².